The number of carbonyl (C=O) groups excluding carboxylic acids is 1. The van der Waals surface area contributed by atoms with Gasteiger partial charge in [0.05, 0.1) is 5.92 Å². The van der Waals surface area contributed by atoms with E-state index in [4.69, 9.17) is 16.3 Å². The van der Waals surface area contributed by atoms with Crippen molar-refractivity contribution in [3.05, 3.63) is 59.2 Å². The molecule has 1 amide bonds. The van der Waals surface area contributed by atoms with Crippen molar-refractivity contribution in [1.29, 1.82) is 0 Å². The number of piperidine rings is 1. The zero-order valence-corrected chi connectivity index (χ0v) is 15.2. The molecule has 4 nitrogen and oxygen atoms in total. The van der Waals surface area contributed by atoms with Crippen LogP contribution in [0.15, 0.2) is 48.7 Å². The highest BCUT2D eigenvalue weighted by Crippen LogP contribution is 2.27. The fraction of sp³-hybridized carbons (Fsp3) is 0.400. The number of likely N-dealkylation sites (tertiary alicyclic amines) is 1. The Morgan fingerprint density at radius 3 is 2.60 bits per heavy atom. The van der Waals surface area contributed by atoms with Gasteiger partial charge in [0.1, 0.15) is 11.1 Å². The van der Waals surface area contributed by atoms with E-state index in [0.29, 0.717) is 24.0 Å². The smallest absolute Gasteiger partial charge is 0.232 e. The summed E-state index contributed by atoms with van der Waals surface area (Å²) < 4.78 is 5.90. The van der Waals surface area contributed by atoms with Crippen LogP contribution in [0.3, 0.4) is 0 Å². The molecule has 1 saturated heterocycles. The van der Waals surface area contributed by atoms with Gasteiger partial charge in [0.15, 0.2) is 0 Å². The van der Waals surface area contributed by atoms with E-state index in [9.17, 15) is 4.79 Å². The number of hydrogen-bond acceptors (Lipinski definition) is 3. The lowest BCUT2D eigenvalue weighted by molar-refractivity contribution is -0.134. The second kappa shape index (κ2) is 8.34. The van der Waals surface area contributed by atoms with Crippen LogP contribution in [-0.4, -0.2) is 35.0 Å². The van der Waals surface area contributed by atoms with Gasteiger partial charge in [-0.25, -0.2) is 4.98 Å². The number of amides is 1. The van der Waals surface area contributed by atoms with Crippen molar-refractivity contribution >= 4 is 17.5 Å². The molecule has 0 radical (unpaired) electrons. The molecule has 1 aromatic carbocycles. The molecule has 0 unspecified atom stereocenters. The Balaban J connectivity index is 1.58. The molecule has 0 bridgehead atoms. The van der Waals surface area contributed by atoms with E-state index in [0.717, 1.165) is 24.8 Å². The van der Waals surface area contributed by atoms with Crippen LogP contribution in [0.25, 0.3) is 0 Å². The summed E-state index contributed by atoms with van der Waals surface area (Å²) in [5.74, 6) is 0.622. The number of hydrogen-bond donors (Lipinski definition) is 0. The molecular weight excluding hydrogens is 336 g/mol. The van der Waals surface area contributed by atoms with E-state index in [2.05, 4.69) is 11.9 Å². The van der Waals surface area contributed by atoms with Crippen LogP contribution in [0.2, 0.25) is 5.02 Å². The molecule has 5 heteroatoms. The molecule has 2 heterocycles. The summed E-state index contributed by atoms with van der Waals surface area (Å²) in [7, 11) is 0. The first-order valence-corrected chi connectivity index (χ1v) is 9.17. The Hall–Kier alpha value is -2.07. The summed E-state index contributed by atoms with van der Waals surface area (Å²) in [4.78, 5) is 19.0. The van der Waals surface area contributed by atoms with E-state index in [1.54, 1.807) is 18.3 Å². The van der Waals surface area contributed by atoms with Gasteiger partial charge < -0.3 is 9.64 Å². The third-order valence-corrected chi connectivity index (χ3v) is 4.95. The average molecular weight is 359 g/mol. The summed E-state index contributed by atoms with van der Waals surface area (Å²) in [5, 5.41) is 0.524. The topological polar surface area (TPSA) is 42.4 Å². The predicted octanol–water partition coefficient (Wildman–Crippen LogP) is 4.30. The number of benzene rings is 1. The van der Waals surface area contributed by atoms with Crippen LogP contribution < -0.4 is 4.74 Å². The van der Waals surface area contributed by atoms with E-state index >= 15 is 0 Å². The first kappa shape index (κ1) is 17.7. The zero-order valence-electron chi connectivity index (χ0n) is 14.4. The molecule has 1 aliphatic rings. The molecule has 0 aliphatic carbocycles. The van der Waals surface area contributed by atoms with Crippen molar-refractivity contribution in [1.82, 2.24) is 9.88 Å². The minimum absolute atomic E-state index is 0.0493. The van der Waals surface area contributed by atoms with Crippen molar-refractivity contribution in [2.75, 3.05) is 13.1 Å². The lowest BCUT2D eigenvalue weighted by atomic mass is 9.94. The average Bonchev–Trinajstić information content (AvgIpc) is 2.66. The first-order chi connectivity index (χ1) is 12.2. The minimum atomic E-state index is -0.0658. The molecule has 1 aromatic heterocycles. The molecule has 3 rings (SSSR count). The van der Waals surface area contributed by atoms with Gasteiger partial charge in [-0.1, -0.05) is 48.9 Å². The van der Waals surface area contributed by atoms with Crippen LogP contribution in [0.1, 0.15) is 37.7 Å². The first-order valence-electron chi connectivity index (χ1n) is 8.80. The molecule has 132 valence electrons. The Bertz CT molecular complexity index is 700. The molecular formula is C20H23ClN2O2. The Kier molecular flexibility index (Phi) is 5.92. The van der Waals surface area contributed by atoms with Gasteiger partial charge in [0.2, 0.25) is 11.8 Å². The fourth-order valence-electron chi connectivity index (χ4n) is 3.27. The van der Waals surface area contributed by atoms with Crippen LogP contribution in [0.5, 0.6) is 5.88 Å². The number of aromatic nitrogens is 1. The summed E-state index contributed by atoms with van der Waals surface area (Å²) >= 11 is 6.10. The van der Waals surface area contributed by atoms with Gasteiger partial charge in [-0.2, -0.15) is 0 Å². The highest BCUT2D eigenvalue weighted by molar-refractivity contribution is 6.31. The van der Waals surface area contributed by atoms with Crippen LogP contribution >= 0.6 is 11.6 Å². The highest BCUT2D eigenvalue weighted by atomic mass is 35.5. The van der Waals surface area contributed by atoms with Crippen molar-refractivity contribution in [2.24, 2.45) is 0 Å². The number of rotatable bonds is 5. The standard InChI is InChI=1S/C20H23ClN2O2/c1-2-17(15-7-4-3-5-8-15)20(24)23-13-10-16(11-14-23)25-19-18(21)9-6-12-22-19/h3-9,12,16-17H,2,10-11,13-14H2,1H3/t17-/m0/s1. The maximum Gasteiger partial charge on any atom is 0.232 e. The summed E-state index contributed by atoms with van der Waals surface area (Å²) in [6.07, 6.45) is 4.12. The number of carbonyl (C=O) groups is 1. The molecule has 2 aromatic rings. The van der Waals surface area contributed by atoms with Crippen molar-refractivity contribution < 1.29 is 9.53 Å². The van der Waals surface area contributed by atoms with E-state index < -0.39 is 0 Å². The molecule has 25 heavy (non-hydrogen) atoms. The van der Waals surface area contributed by atoms with E-state index in [1.807, 2.05) is 35.2 Å². The summed E-state index contributed by atoms with van der Waals surface area (Å²) in [5.41, 5.74) is 1.09. The Labute approximate surface area is 153 Å². The van der Waals surface area contributed by atoms with Crippen LogP contribution in [0, 0.1) is 0 Å². The lowest BCUT2D eigenvalue weighted by Gasteiger charge is -2.34. The van der Waals surface area contributed by atoms with Crippen LogP contribution in [-0.2, 0) is 4.79 Å². The minimum Gasteiger partial charge on any atom is -0.473 e. The summed E-state index contributed by atoms with van der Waals surface area (Å²) in [6, 6.07) is 13.6. The van der Waals surface area contributed by atoms with E-state index in [1.165, 1.54) is 0 Å². The molecule has 1 atom stereocenters. The summed E-state index contributed by atoms with van der Waals surface area (Å²) in [6.45, 7) is 3.48. The normalized spacial score (nSPS) is 16.5. The molecule has 0 N–H and O–H groups in total. The van der Waals surface area contributed by atoms with Gasteiger partial charge in [0.25, 0.3) is 0 Å². The maximum absolute atomic E-state index is 12.9. The highest BCUT2D eigenvalue weighted by Gasteiger charge is 2.29. The molecule has 0 spiro atoms. The number of pyridine rings is 1. The predicted molar refractivity (Wildman–Crippen MR) is 99.0 cm³/mol. The number of nitrogens with zero attached hydrogens (tertiary/aromatic N) is 2. The maximum atomic E-state index is 12.9. The molecule has 1 aliphatic heterocycles. The van der Waals surface area contributed by atoms with Gasteiger partial charge in [-0.3, -0.25) is 4.79 Å². The molecule has 1 fully saturated rings. The van der Waals surface area contributed by atoms with Crippen molar-refractivity contribution in [3.8, 4) is 5.88 Å². The monoisotopic (exact) mass is 358 g/mol. The Morgan fingerprint density at radius 1 is 1.24 bits per heavy atom. The zero-order chi connectivity index (χ0) is 17.6. The second-order valence-electron chi connectivity index (χ2n) is 6.30. The van der Waals surface area contributed by atoms with Gasteiger partial charge >= 0.3 is 0 Å². The van der Waals surface area contributed by atoms with Gasteiger partial charge in [-0.05, 0) is 24.1 Å². The van der Waals surface area contributed by atoms with Gasteiger partial charge in [-0.15, -0.1) is 0 Å². The molecule has 0 saturated carbocycles. The fourth-order valence-corrected chi connectivity index (χ4v) is 3.43. The largest absolute Gasteiger partial charge is 0.473 e. The second-order valence-corrected chi connectivity index (χ2v) is 6.71. The Morgan fingerprint density at radius 2 is 1.96 bits per heavy atom. The quantitative estimate of drug-likeness (QED) is 0.800. The van der Waals surface area contributed by atoms with E-state index in [-0.39, 0.29) is 17.9 Å². The lowest BCUT2D eigenvalue weighted by Crippen LogP contribution is -2.43. The SMILES string of the molecule is CC[C@H](C(=O)N1CCC(Oc2ncccc2Cl)CC1)c1ccccc1. The van der Waals surface area contributed by atoms with Crippen molar-refractivity contribution in [2.45, 2.75) is 38.2 Å². The number of ether oxygens (including phenoxy) is 1. The third kappa shape index (κ3) is 4.31. The van der Waals surface area contributed by atoms with Crippen LogP contribution in [0.4, 0.5) is 0 Å². The van der Waals surface area contributed by atoms with Crippen molar-refractivity contribution in [3.63, 3.8) is 0 Å². The third-order valence-electron chi connectivity index (χ3n) is 4.66. The number of halogens is 1. The van der Waals surface area contributed by atoms with Gasteiger partial charge in [0, 0.05) is 32.1 Å².